The van der Waals surface area contributed by atoms with Gasteiger partial charge in [0, 0.05) is 12.3 Å². The molecule has 7 nitrogen and oxygen atoms in total. The maximum Gasteiger partial charge on any atom is 0.264 e. The molecule has 0 fully saturated rings. The second kappa shape index (κ2) is 13.2. The third kappa shape index (κ3) is 7.41. The Hall–Kier alpha value is -3.17. The Morgan fingerprint density at radius 2 is 1.64 bits per heavy atom. The molecule has 0 aliphatic heterocycles. The lowest BCUT2D eigenvalue weighted by Crippen LogP contribution is -2.41. The Morgan fingerprint density at radius 1 is 0.944 bits per heavy atom. The fourth-order valence-electron chi connectivity index (χ4n) is 3.47. The van der Waals surface area contributed by atoms with Crippen molar-refractivity contribution in [2.75, 3.05) is 37.4 Å². The third-order valence-electron chi connectivity index (χ3n) is 5.47. The number of hydrogen-bond acceptors (Lipinski definition) is 6. The Kier molecular flexibility index (Phi) is 10.1. The number of carbonyl (C=O) groups is 1. The van der Waals surface area contributed by atoms with Crippen LogP contribution in [0.1, 0.15) is 17.5 Å². The number of aryl methyl sites for hydroxylation is 1. The van der Waals surface area contributed by atoms with Crippen LogP contribution in [0.15, 0.2) is 77.7 Å². The molecule has 192 valence electrons. The number of thioether (sulfide) groups is 1. The molecule has 0 bridgehead atoms. The fourth-order valence-corrected chi connectivity index (χ4v) is 5.83. The molecule has 3 rings (SSSR count). The van der Waals surface area contributed by atoms with Gasteiger partial charge in [0.05, 0.1) is 24.8 Å². The molecule has 0 spiro atoms. The molecule has 0 aliphatic rings. The number of rotatable bonds is 13. The summed E-state index contributed by atoms with van der Waals surface area (Å²) in [5.74, 6) is 2.30. The lowest BCUT2D eigenvalue weighted by atomic mass is 10.2. The van der Waals surface area contributed by atoms with E-state index in [1.807, 2.05) is 0 Å². The molecule has 0 unspecified atom stereocenters. The van der Waals surface area contributed by atoms with Gasteiger partial charge in [0.1, 0.15) is 18.0 Å². The molecule has 3 aromatic rings. The lowest BCUT2D eigenvalue weighted by molar-refractivity contribution is -0.119. The first-order valence-electron chi connectivity index (χ1n) is 11.5. The summed E-state index contributed by atoms with van der Waals surface area (Å²) in [5, 5.41) is 2.85. The topological polar surface area (TPSA) is 84.9 Å². The van der Waals surface area contributed by atoms with Crippen molar-refractivity contribution >= 4 is 33.4 Å². The molecule has 9 heteroatoms. The molecule has 1 amide bonds. The molecule has 0 heterocycles. The normalized spacial score (nSPS) is 11.1. The van der Waals surface area contributed by atoms with Crippen molar-refractivity contribution in [3.8, 4) is 11.5 Å². The monoisotopic (exact) mass is 528 g/mol. The number of amides is 1. The van der Waals surface area contributed by atoms with Crippen LogP contribution in [0.3, 0.4) is 0 Å². The molecule has 0 radical (unpaired) electrons. The SMILES string of the molecule is COc1ccc(S(=O)(=O)N(CC(=O)NCCCSCc2ccc(C)cc2)c2ccccc2OC)cc1. The molecule has 36 heavy (non-hydrogen) atoms. The van der Waals surface area contributed by atoms with Crippen molar-refractivity contribution in [3.05, 3.63) is 83.9 Å². The number of benzene rings is 3. The van der Waals surface area contributed by atoms with Crippen LogP contribution in [0.25, 0.3) is 0 Å². The molecule has 0 saturated heterocycles. The quantitative estimate of drug-likeness (QED) is 0.325. The van der Waals surface area contributed by atoms with Gasteiger partial charge in [-0.05, 0) is 61.1 Å². The lowest BCUT2D eigenvalue weighted by Gasteiger charge is -2.25. The first-order valence-corrected chi connectivity index (χ1v) is 14.1. The number of hydrogen-bond donors (Lipinski definition) is 1. The highest BCUT2D eigenvalue weighted by Gasteiger charge is 2.29. The zero-order valence-electron chi connectivity index (χ0n) is 20.8. The van der Waals surface area contributed by atoms with E-state index in [9.17, 15) is 13.2 Å². The van der Waals surface area contributed by atoms with Crippen LogP contribution in [-0.4, -0.2) is 47.4 Å². The van der Waals surface area contributed by atoms with E-state index in [1.54, 1.807) is 48.2 Å². The van der Waals surface area contributed by atoms with Gasteiger partial charge in [0.2, 0.25) is 5.91 Å². The Labute approximate surface area is 217 Å². The van der Waals surface area contributed by atoms with Crippen molar-refractivity contribution in [1.82, 2.24) is 5.32 Å². The number of carbonyl (C=O) groups excluding carboxylic acids is 1. The summed E-state index contributed by atoms with van der Waals surface area (Å²) >= 11 is 1.80. The van der Waals surface area contributed by atoms with E-state index in [0.717, 1.165) is 22.2 Å². The van der Waals surface area contributed by atoms with Crippen LogP contribution in [0.5, 0.6) is 11.5 Å². The summed E-state index contributed by atoms with van der Waals surface area (Å²) in [6.45, 7) is 2.16. The van der Waals surface area contributed by atoms with Crippen LogP contribution in [0.2, 0.25) is 0 Å². The van der Waals surface area contributed by atoms with E-state index >= 15 is 0 Å². The van der Waals surface area contributed by atoms with E-state index in [1.165, 1.54) is 37.5 Å². The second-order valence-corrected chi connectivity index (χ2v) is 11.1. The first-order chi connectivity index (χ1) is 17.3. The number of ether oxygens (including phenoxy) is 2. The number of anilines is 1. The number of sulfonamides is 1. The minimum Gasteiger partial charge on any atom is -0.497 e. The number of methoxy groups -OCH3 is 2. The van der Waals surface area contributed by atoms with Gasteiger partial charge < -0.3 is 14.8 Å². The summed E-state index contributed by atoms with van der Waals surface area (Å²) in [5.41, 5.74) is 2.80. The highest BCUT2D eigenvalue weighted by Crippen LogP contribution is 2.32. The maximum atomic E-state index is 13.6. The molecule has 0 aromatic heterocycles. The Bertz CT molecular complexity index is 1230. The summed E-state index contributed by atoms with van der Waals surface area (Å²) < 4.78 is 38.7. The van der Waals surface area contributed by atoms with Crippen molar-refractivity contribution in [3.63, 3.8) is 0 Å². The summed E-state index contributed by atoms with van der Waals surface area (Å²) in [4.78, 5) is 12.9. The van der Waals surface area contributed by atoms with Gasteiger partial charge in [-0.2, -0.15) is 11.8 Å². The van der Waals surface area contributed by atoms with Gasteiger partial charge in [-0.1, -0.05) is 42.0 Å². The van der Waals surface area contributed by atoms with Gasteiger partial charge in [-0.3, -0.25) is 9.10 Å². The van der Waals surface area contributed by atoms with Crippen LogP contribution in [0.4, 0.5) is 5.69 Å². The van der Waals surface area contributed by atoms with Gasteiger partial charge in [-0.25, -0.2) is 8.42 Å². The van der Waals surface area contributed by atoms with E-state index in [2.05, 4.69) is 36.5 Å². The van der Waals surface area contributed by atoms with Crippen LogP contribution in [-0.2, 0) is 20.6 Å². The Balaban J connectivity index is 1.63. The third-order valence-corrected chi connectivity index (χ3v) is 8.35. The number of nitrogens with one attached hydrogen (secondary N) is 1. The highest BCUT2D eigenvalue weighted by atomic mass is 32.2. The molecule has 3 aromatic carbocycles. The number of nitrogens with zero attached hydrogens (tertiary/aromatic N) is 1. The molecule has 0 saturated carbocycles. The predicted molar refractivity (Wildman–Crippen MR) is 145 cm³/mol. The predicted octanol–water partition coefficient (Wildman–Crippen LogP) is 4.65. The molecule has 1 N–H and O–H groups in total. The average Bonchev–Trinajstić information content (AvgIpc) is 2.90. The summed E-state index contributed by atoms with van der Waals surface area (Å²) in [7, 11) is -1.07. The summed E-state index contributed by atoms with van der Waals surface area (Å²) in [6, 6.07) is 21.2. The van der Waals surface area contributed by atoms with Crippen molar-refractivity contribution < 1.29 is 22.7 Å². The first kappa shape index (κ1) is 27.4. The number of para-hydroxylation sites is 2. The zero-order chi connectivity index (χ0) is 26.0. The van der Waals surface area contributed by atoms with Gasteiger partial charge >= 0.3 is 0 Å². The highest BCUT2D eigenvalue weighted by molar-refractivity contribution is 7.98. The van der Waals surface area contributed by atoms with Crippen LogP contribution in [0, 0.1) is 6.92 Å². The molecule has 0 atom stereocenters. The van der Waals surface area contributed by atoms with Crippen molar-refractivity contribution in [1.29, 1.82) is 0 Å². The minimum absolute atomic E-state index is 0.0505. The summed E-state index contributed by atoms with van der Waals surface area (Å²) in [6.07, 6.45) is 0.780. The maximum absolute atomic E-state index is 13.6. The zero-order valence-corrected chi connectivity index (χ0v) is 22.4. The van der Waals surface area contributed by atoms with Crippen molar-refractivity contribution in [2.45, 2.75) is 24.0 Å². The van der Waals surface area contributed by atoms with Crippen molar-refractivity contribution in [2.24, 2.45) is 0 Å². The second-order valence-electron chi connectivity index (χ2n) is 8.10. The van der Waals surface area contributed by atoms with Crippen LogP contribution >= 0.6 is 11.8 Å². The van der Waals surface area contributed by atoms with Gasteiger partial charge in [-0.15, -0.1) is 0 Å². The minimum atomic E-state index is -4.05. The van der Waals surface area contributed by atoms with Gasteiger partial charge in [0.25, 0.3) is 10.0 Å². The van der Waals surface area contributed by atoms with E-state index in [-0.39, 0.29) is 17.3 Å². The smallest absolute Gasteiger partial charge is 0.264 e. The molecular formula is C27H32N2O5S2. The molecular weight excluding hydrogens is 496 g/mol. The van der Waals surface area contributed by atoms with E-state index in [4.69, 9.17) is 9.47 Å². The Morgan fingerprint density at radius 3 is 2.31 bits per heavy atom. The molecule has 0 aliphatic carbocycles. The van der Waals surface area contributed by atoms with E-state index < -0.39 is 10.0 Å². The standard InChI is InChI=1S/C27H32N2O5S2/c1-21-9-11-22(12-10-21)20-35-18-6-17-28-27(30)19-29(25-7-4-5-8-26(25)34-3)36(31,32)24-15-13-23(33-2)14-16-24/h4-5,7-16H,6,17-20H2,1-3H3,(H,28,30). The van der Waals surface area contributed by atoms with E-state index in [0.29, 0.717) is 23.7 Å². The van der Waals surface area contributed by atoms with Crippen LogP contribution < -0.4 is 19.1 Å². The fraction of sp³-hybridized carbons (Fsp3) is 0.296. The average molecular weight is 529 g/mol. The van der Waals surface area contributed by atoms with Gasteiger partial charge in [0.15, 0.2) is 0 Å². The largest absolute Gasteiger partial charge is 0.497 e.